The number of nitrogens with one attached hydrogen (secondary N) is 2. The minimum atomic E-state index is -0.875. The summed E-state index contributed by atoms with van der Waals surface area (Å²) < 4.78 is 6.28. The molecule has 0 radical (unpaired) electrons. The Labute approximate surface area is 210 Å². The molecule has 2 aromatic rings. The molecule has 4 fully saturated rings. The SMILES string of the molecule is O=C(NC1CC1)c1cccnc1N1C2CCCC1(NC(=O)C1(Oc3ccc(Cl)cc3)CCC1)CC2. The quantitative estimate of drug-likeness (QED) is 0.588. The van der Waals surface area contributed by atoms with Gasteiger partial charge < -0.3 is 20.3 Å². The van der Waals surface area contributed by atoms with Crippen molar-refractivity contribution in [3.63, 3.8) is 0 Å². The van der Waals surface area contributed by atoms with Gasteiger partial charge in [0.1, 0.15) is 17.2 Å². The van der Waals surface area contributed by atoms with E-state index in [1.165, 1.54) is 0 Å². The van der Waals surface area contributed by atoms with Gasteiger partial charge in [-0.15, -0.1) is 0 Å². The van der Waals surface area contributed by atoms with Crippen LogP contribution in [-0.2, 0) is 4.79 Å². The average molecular weight is 495 g/mol. The average Bonchev–Trinajstić information content (AvgIpc) is 3.62. The first kappa shape index (κ1) is 22.7. The number of ether oxygens (including phenoxy) is 1. The van der Waals surface area contributed by atoms with Crippen molar-refractivity contribution in [3.8, 4) is 5.75 Å². The van der Waals surface area contributed by atoms with E-state index in [4.69, 9.17) is 16.3 Å². The molecule has 6 rings (SSSR count). The van der Waals surface area contributed by atoms with Gasteiger partial charge in [0.05, 0.1) is 5.56 Å². The molecule has 2 bridgehead atoms. The Hall–Kier alpha value is -2.80. The van der Waals surface area contributed by atoms with Gasteiger partial charge in [0.2, 0.25) is 0 Å². The van der Waals surface area contributed by atoms with E-state index < -0.39 is 11.3 Å². The van der Waals surface area contributed by atoms with Crippen LogP contribution in [0.4, 0.5) is 5.82 Å². The molecule has 8 heteroatoms. The van der Waals surface area contributed by atoms with Crippen LogP contribution in [-0.4, -0.2) is 40.1 Å². The molecule has 2 amide bonds. The maximum Gasteiger partial charge on any atom is 0.266 e. The number of aromatic nitrogens is 1. The van der Waals surface area contributed by atoms with Crippen LogP contribution < -0.4 is 20.3 Å². The second-order valence-electron chi connectivity index (χ2n) is 10.5. The zero-order valence-electron chi connectivity index (χ0n) is 19.8. The standard InChI is InChI=1S/C27H31ClN4O3/c28-18-6-10-21(11-7-18)35-26(13-3-14-26)25(34)31-27-15-1-4-20(12-16-27)32(27)23-22(5-2-17-29-23)24(33)30-19-8-9-19/h2,5-7,10-11,17,19-20H,1,3-4,8-9,12-16H2,(H,30,33)(H,31,34). The molecule has 2 aliphatic heterocycles. The fraction of sp³-hybridized carbons (Fsp3) is 0.519. The maximum atomic E-state index is 13.8. The number of pyridine rings is 1. The summed E-state index contributed by atoms with van der Waals surface area (Å²) >= 11 is 6.03. The summed E-state index contributed by atoms with van der Waals surface area (Å²) in [5.41, 5.74) is -0.850. The largest absolute Gasteiger partial charge is 0.477 e. The molecule has 4 aliphatic rings. The number of carbonyl (C=O) groups is 2. The third-order valence-electron chi connectivity index (χ3n) is 8.07. The lowest BCUT2D eigenvalue weighted by Crippen LogP contribution is -2.67. The van der Waals surface area contributed by atoms with Crippen LogP contribution in [0, 0.1) is 0 Å². The number of fused-ring (bicyclic) bond motifs is 2. The van der Waals surface area contributed by atoms with Gasteiger partial charge in [-0.3, -0.25) is 9.59 Å². The Morgan fingerprint density at radius 3 is 2.51 bits per heavy atom. The van der Waals surface area contributed by atoms with Crippen molar-refractivity contribution in [1.29, 1.82) is 0 Å². The van der Waals surface area contributed by atoms with Crippen molar-refractivity contribution in [2.24, 2.45) is 0 Å². The molecular weight excluding hydrogens is 464 g/mol. The van der Waals surface area contributed by atoms with E-state index in [0.29, 0.717) is 35.0 Å². The Morgan fingerprint density at radius 2 is 1.80 bits per heavy atom. The van der Waals surface area contributed by atoms with E-state index in [-0.39, 0.29) is 23.9 Å². The Balaban J connectivity index is 1.28. The molecule has 2 aliphatic carbocycles. The van der Waals surface area contributed by atoms with Crippen molar-refractivity contribution in [2.45, 2.75) is 87.6 Å². The van der Waals surface area contributed by atoms with Crippen molar-refractivity contribution < 1.29 is 14.3 Å². The normalized spacial score (nSPS) is 26.5. The van der Waals surface area contributed by atoms with E-state index in [0.717, 1.165) is 51.4 Å². The monoisotopic (exact) mass is 494 g/mol. The van der Waals surface area contributed by atoms with Gasteiger partial charge in [-0.2, -0.15) is 0 Å². The molecule has 1 aromatic carbocycles. The summed E-state index contributed by atoms with van der Waals surface area (Å²) in [5, 5.41) is 7.17. The zero-order chi connectivity index (χ0) is 24.0. The summed E-state index contributed by atoms with van der Waals surface area (Å²) in [6.07, 6.45) is 10.8. The Bertz CT molecular complexity index is 1130. The van der Waals surface area contributed by atoms with E-state index >= 15 is 0 Å². The maximum absolute atomic E-state index is 13.8. The molecule has 3 heterocycles. The summed E-state index contributed by atoms with van der Waals surface area (Å²) in [6.45, 7) is 0. The van der Waals surface area contributed by atoms with Crippen LogP contribution >= 0.6 is 11.6 Å². The topological polar surface area (TPSA) is 83.6 Å². The van der Waals surface area contributed by atoms with Crippen LogP contribution in [0.25, 0.3) is 0 Å². The van der Waals surface area contributed by atoms with Gasteiger partial charge in [-0.1, -0.05) is 11.6 Å². The lowest BCUT2D eigenvalue weighted by atomic mass is 9.78. The fourth-order valence-corrected chi connectivity index (χ4v) is 6.02. The van der Waals surface area contributed by atoms with Crippen LogP contribution in [0.5, 0.6) is 5.75 Å². The van der Waals surface area contributed by atoms with Crippen molar-refractivity contribution in [3.05, 3.63) is 53.2 Å². The van der Waals surface area contributed by atoms with Gasteiger partial charge in [0, 0.05) is 23.3 Å². The zero-order valence-corrected chi connectivity index (χ0v) is 20.5. The highest BCUT2D eigenvalue weighted by Crippen LogP contribution is 2.47. The molecule has 2 saturated carbocycles. The number of carbonyl (C=O) groups excluding carboxylic acids is 2. The first-order valence-electron chi connectivity index (χ1n) is 12.8. The van der Waals surface area contributed by atoms with E-state index in [2.05, 4.69) is 20.5 Å². The highest BCUT2D eigenvalue weighted by Gasteiger charge is 2.55. The number of nitrogens with zero attached hydrogens (tertiary/aromatic N) is 2. The second kappa shape index (κ2) is 8.70. The van der Waals surface area contributed by atoms with Crippen molar-refractivity contribution >= 4 is 29.2 Å². The molecule has 2 saturated heterocycles. The minimum absolute atomic E-state index is 0.0776. The number of anilines is 1. The number of amides is 2. The number of halogens is 1. The first-order chi connectivity index (χ1) is 17.0. The highest BCUT2D eigenvalue weighted by atomic mass is 35.5. The van der Waals surface area contributed by atoms with Gasteiger partial charge in [0.25, 0.3) is 11.8 Å². The predicted octanol–water partition coefficient (Wildman–Crippen LogP) is 4.59. The predicted molar refractivity (Wildman–Crippen MR) is 134 cm³/mol. The lowest BCUT2D eigenvalue weighted by molar-refractivity contribution is -0.146. The van der Waals surface area contributed by atoms with Crippen LogP contribution in [0.3, 0.4) is 0 Å². The number of rotatable bonds is 7. The molecule has 0 spiro atoms. The third-order valence-corrected chi connectivity index (χ3v) is 8.32. The molecule has 2 N–H and O–H groups in total. The summed E-state index contributed by atoms with van der Waals surface area (Å²) in [5.74, 6) is 1.17. The van der Waals surface area contributed by atoms with Crippen LogP contribution in [0.1, 0.15) is 74.6 Å². The Kier molecular flexibility index (Phi) is 5.63. The summed E-state index contributed by atoms with van der Waals surface area (Å²) in [4.78, 5) is 33.8. The molecular formula is C27H31ClN4O3. The lowest BCUT2D eigenvalue weighted by Gasteiger charge is -2.49. The van der Waals surface area contributed by atoms with Crippen molar-refractivity contribution in [1.82, 2.24) is 15.6 Å². The smallest absolute Gasteiger partial charge is 0.266 e. The molecule has 1 aromatic heterocycles. The van der Waals surface area contributed by atoms with Gasteiger partial charge in [-0.25, -0.2) is 4.98 Å². The first-order valence-corrected chi connectivity index (χ1v) is 13.2. The summed E-state index contributed by atoms with van der Waals surface area (Å²) in [7, 11) is 0. The number of hydrogen-bond acceptors (Lipinski definition) is 5. The molecule has 35 heavy (non-hydrogen) atoms. The number of hydrogen-bond donors (Lipinski definition) is 2. The van der Waals surface area contributed by atoms with E-state index in [9.17, 15) is 9.59 Å². The molecule has 2 unspecified atom stereocenters. The fourth-order valence-electron chi connectivity index (χ4n) is 5.90. The van der Waals surface area contributed by atoms with Gasteiger partial charge >= 0.3 is 0 Å². The summed E-state index contributed by atoms with van der Waals surface area (Å²) in [6, 6.07) is 11.4. The minimum Gasteiger partial charge on any atom is -0.477 e. The molecule has 7 nitrogen and oxygen atoms in total. The van der Waals surface area contributed by atoms with Crippen LogP contribution in [0.15, 0.2) is 42.6 Å². The second-order valence-corrected chi connectivity index (χ2v) is 10.9. The third kappa shape index (κ3) is 4.14. The molecule has 2 atom stereocenters. The van der Waals surface area contributed by atoms with Gasteiger partial charge in [0.15, 0.2) is 5.60 Å². The van der Waals surface area contributed by atoms with Gasteiger partial charge in [-0.05, 0) is 101 Å². The number of benzene rings is 1. The molecule has 184 valence electrons. The Morgan fingerprint density at radius 1 is 1.00 bits per heavy atom. The van der Waals surface area contributed by atoms with Crippen molar-refractivity contribution in [2.75, 3.05) is 4.90 Å². The van der Waals surface area contributed by atoms with E-state index in [1.54, 1.807) is 18.3 Å². The number of piperidine rings is 1. The van der Waals surface area contributed by atoms with E-state index in [1.807, 2.05) is 24.3 Å². The van der Waals surface area contributed by atoms with Crippen LogP contribution in [0.2, 0.25) is 5.02 Å². The highest BCUT2D eigenvalue weighted by molar-refractivity contribution is 6.30.